The van der Waals surface area contributed by atoms with Gasteiger partial charge < -0.3 is 19.4 Å². The fourth-order valence-electron chi connectivity index (χ4n) is 3.17. The molecule has 3 heterocycles. The van der Waals surface area contributed by atoms with Crippen molar-refractivity contribution in [1.82, 2.24) is 19.8 Å². The van der Waals surface area contributed by atoms with E-state index in [9.17, 15) is 9.59 Å². The Morgan fingerprint density at radius 3 is 2.84 bits per heavy atom. The minimum atomic E-state index is -0.285. The standard InChI is InChI=1S/C17H24N4O4/c1-11-13(15(22)19-12-4-6-20(2)7-5-12)14-16(25-11)18-10-21(17(14)23)8-9-24-3/h10,12H,4-9H2,1-3H3,(H,19,22). The number of methoxy groups -OCH3 is 1. The zero-order valence-electron chi connectivity index (χ0n) is 14.9. The predicted molar refractivity (Wildman–Crippen MR) is 92.9 cm³/mol. The van der Waals surface area contributed by atoms with Gasteiger partial charge in [-0.25, -0.2) is 4.98 Å². The molecule has 1 aliphatic heterocycles. The van der Waals surface area contributed by atoms with E-state index < -0.39 is 0 Å². The summed E-state index contributed by atoms with van der Waals surface area (Å²) in [4.78, 5) is 31.9. The van der Waals surface area contributed by atoms with Crippen molar-refractivity contribution in [2.75, 3.05) is 33.9 Å². The second-order valence-corrected chi connectivity index (χ2v) is 6.50. The molecule has 1 fully saturated rings. The average molecular weight is 348 g/mol. The van der Waals surface area contributed by atoms with E-state index in [2.05, 4.69) is 22.2 Å². The summed E-state index contributed by atoms with van der Waals surface area (Å²) in [6, 6.07) is 0.112. The lowest BCUT2D eigenvalue weighted by atomic mass is 10.0. The predicted octanol–water partition coefficient (Wildman–Crippen LogP) is 0.768. The number of aryl methyl sites for hydroxylation is 1. The summed E-state index contributed by atoms with van der Waals surface area (Å²) < 4.78 is 12.0. The number of hydrogen-bond acceptors (Lipinski definition) is 6. The van der Waals surface area contributed by atoms with Crippen LogP contribution >= 0.6 is 0 Å². The molecule has 0 unspecified atom stereocenters. The van der Waals surface area contributed by atoms with Crippen LogP contribution in [0.2, 0.25) is 0 Å². The number of nitrogens with one attached hydrogen (secondary N) is 1. The van der Waals surface area contributed by atoms with E-state index in [1.807, 2.05) is 0 Å². The second kappa shape index (κ2) is 7.37. The lowest BCUT2D eigenvalue weighted by Gasteiger charge is -2.29. The molecular weight excluding hydrogens is 324 g/mol. The molecule has 8 heteroatoms. The first kappa shape index (κ1) is 17.6. The van der Waals surface area contributed by atoms with Crippen molar-refractivity contribution in [3.05, 3.63) is 28.0 Å². The number of carbonyl (C=O) groups excluding carboxylic acids is 1. The van der Waals surface area contributed by atoms with E-state index in [4.69, 9.17) is 9.15 Å². The highest BCUT2D eigenvalue weighted by atomic mass is 16.5. The van der Waals surface area contributed by atoms with Gasteiger partial charge in [-0.1, -0.05) is 0 Å². The van der Waals surface area contributed by atoms with Gasteiger partial charge in [0, 0.05) is 13.2 Å². The van der Waals surface area contributed by atoms with Crippen LogP contribution in [0.15, 0.2) is 15.5 Å². The van der Waals surface area contributed by atoms with Gasteiger partial charge in [0.05, 0.1) is 18.7 Å². The van der Waals surface area contributed by atoms with E-state index >= 15 is 0 Å². The van der Waals surface area contributed by atoms with Crippen LogP contribution in [-0.4, -0.2) is 60.3 Å². The molecule has 8 nitrogen and oxygen atoms in total. The van der Waals surface area contributed by atoms with Gasteiger partial charge in [0.15, 0.2) is 0 Å². The maximum atomic E-state index is 12.8. The Balaban J connectivity index is 1.90. The number of nitrogens with zero attached hydrogens (tertiary/aromatic N) is 3. The Morgan fingerprint density at radius 2 is 2.16 bits per heavy atom. The molecule has 2 aromatic heterocycles. The molecule has 0 aromatic carbocycles. The van der Waals surface area contributed by atoms with Crippen molar-refractivity contribution in [2.24, 2.45) is 0 Å². The third kappa shape index (κ3) is 3.59. The largest absolute Gasteiger partial charge is 0.442 e. The molecule has 0 spiro atoms. The molecule has 0 aliphatic carbocycles. The molecule has 1 aliphatic rings. The van der Waals surface area contributed by atoms with Gasteiger partial charge in [-0.05, 0) is 39.9 Å². The van der Waals surface area contributed by atoms with Crippen molar-refractivity contribution in [2.45, 2.75) is 32.4 Å². The van der Waals surface area contributed by atoms with Crippen molar-refractivity contribution in [1.29, 1.82) is 0 Å². The van der Waals surface area contributed by atoms with Crippen molar-refractivity contribution in [3.8, 4) is 0 Å². The molecule has 0 radical (unpaired) electrons. The summed E-state index contributed by atoms with van der Waals surface area (Å²) in [5.41, 5.74) is 0.204. The Morgan fingerprint density at radius 1 is 1.44 bits per heavy atom. The van der Waals surface area contributed by atoms with E-state index in [1.54, 1.807) is 14.0 Å². The number of carbonyl (C=O) groups is 1. The number of hydrogen-bond donors (Lipinski definition) is 1. The zero-order valence-corrected chi connectivity index (χ0v) is 14.9. The number of aromatic nitrogens is 2. The van der Waals surface area contributed by atoms with E-state index in [1.165, 1.54) is 10.9 Å². The molecule has 3 rings (SSSR count). The van der Waals surface area contributed by atoms with Gasteiger partial charge in [-0.3, -0.25) is 14.2 Å². The third-order valence-electron chi connectivity index (χ3n) is 4.67. The number of amides is 1. The highest BCUT2D eigenvalue weighted by Crippen LogP contribution is 2.21. The molecule has 136 valence electrons. The number of likely N-dealkylation sites (tertiary alicyclic amines) is 1. The van der Waals surface area contributed by atoms with Crippen molar-refractivity contribution < 1.29 is 13.9 Å². The van der Waals surface area contributed by atoms with E-state index in [0.29, 0.717) is 18.9 Å². The Labute approximate surface area is 145 Å². The molecule has 1 amide bonds. The van der Waals surface area contributed by atoms with Gasteiger partial charge in [0.1, 0.15) is 17.5 Å². The third-order valence-corrected chi connectivity index (χ3v) is 4.67. The highest BCUT2D eigenvalue weighted by Gasteiger charge is 2.25. The fourth-order valence-corrected chi connectivity index (χ4v) is 3.17. The van der Waals surface area contributed by atoms with Gasteiger partial charge in [0.2, 0.25) is 5.71 Å². The van der Waals surface area contributed by atoms with Gasteiger partial charge in [-0.2, -0.15) is 0 Å². The highest BCUT2D eigenvalue weighted by molar-refractivity contribution is 6.06. The zero-order chi connectivity index (χ0) is 18.0. The van der Waals surface area contributed by atoms with Crippen molar-refractivity contribution in [3.63, 3.8) is 0 Å². The topological polar surface area (TPSA) is 89.6 Å². The summed E-state index contributed by atoms with van der Waals surface area (Å²) in [7, 11) is 3.64. The van der Waals surface area contributed by atoms with Gasteiger partial charge >= 0.3 is 0 Å². The number of fused-ring (bicyclic) bond motifs is 1. The maximum absolute atomic E-state index is 12.8. The SMILES string of the molecule is COCCn1cnc2oc(C)c(C(=O)NC3CCN(C)CC3)c2c1=O. The summed E-state index contributed by atoms with van der Waals surface area (Å²) in [5.74, 6) is 0.142. The summed E-state index contributed by atoms with van der Waals surface area (Å²) in [6.07, 6.45) is 3.21. The Bertz CT molecular complexity index is 818. The van der Waals surface area contributed by atoms with Crippen molar-refractivity contribution >= 4 is 17.0 Å². The molecule has 2 aromatic rings. The number of rotatable bonds is 5. The monoisotopic (exact) mass is 348 g/mol. The minimum Gasteiger partial charge on any atom is -0.442 e. The van der Waals surface area contributed by atoms with Gasteiger partial charge in [0.25, 0.3) is 11.5 Å². The first-order valence-corrected chi connectivity index (χ1v) is 8.48. The summed E-state index contributed by atoms with van der Waals surface area (Å²) in [5, 5.41) is 3.28. The molecule has 0 atom stereocenters. The number of piperidine rings is 1. The van der Waals surface area contributed by atoms with E-state index in [0.717, 1.165) is 25.9 Å². The lowest BCUT2D eigenvalue weighted by Crippen LogP contribution is -2.43. The molecular formula is C17H24N4O4. The second-order valence-electron chi connectivity index (χ2n) is 6.50. The fraction of sp³-hybridized carbons (Fsp3) is 0.588. The van der Waals surface area contributed by atoms with E-state index in [-0.39, 0.29) is 34.2 Å². The molecule has 25 heavy (non-hydrogen) atoms. The smallest absolute Gasteiger partial charge is 0.265 e. The van der Waals surface area contributed by atoms with Crippen LogP contribution in [-0.2, 0) is 11.3 Å². The van der Waals surface area contributed by atoms with Crippen LogP contribution in [0.3, 0.4) is 0 Å². The van der Waals surface area contributed by atoms with Gasteiger partial charge in [-0.15, -0.1) is 0 Å². The van der Waals surface area contributed by atoms with Crippen LogP contribution in [0.4, 0.5) is 0 Å². The van der Waals surface area contributed by atoms with Crippen LogP contribution in [0.1, 0.15) is 29.0 Å². The Hall–Kier alpha value is -2.19. The Kier molecular flexibility index (Phi) is 5.19. The van der Waals surface area contributed by atoms with Crippen LogP contribution in [0.25, 0.3) is 11.1 Å². The first-order valence-electron chi connectivity index (χ1n) is 8.48. The molecule has 0 bridgehead atoms. The lowest BCUT2D eigenvalue weighted by molar-refractivity contribution is 0.0916. The number of furan rings is 1. The van der Waals surface area contributed by atoms with Crippen LogP contribution < -0.4 is 10.9 Å². The quantitative estimate of drug-likeness (QED) is 0.858. The maximum Gasteiger partial charge on any atom is 0.265 e. The number of ether oxygens (including phenoxy) is 1. The summed E-state index contributed by atoms with van der Waals surface area (Å²) in [6.45, 7) is 4.34. The van der Waals surface area contributed by atoms with Crippen LogP contribution in [0.5, 0.6) is 0 Å². The average Bonchev–Trinajstić information content (AvgIpc) is 2.93. The molecule has 1 saturated heterocycles. The normalized spacial score (nSPS) is 16.4. The minimum absolute atomic E-state index is 0.112. The first-order chi connectivity index (χ1) is 12.0. The molecule has 1 N–H and O–H groups in total. The van der Waals surface area contributed by atoms with Crippen LogP contribution in [0, 0.1) is 6.92 Å². The summed E-state index contributed by atoms with van der Waals surface area (Å²) >= 11 is 0. The molecule has 0 saturated carbocycles.